The molecule has 156 valence electrons. The van der Waals surface area contributed by atoms with Gasteiger partial charge >= 0.3 is 0 Å². The summed E-state index contributed by atoms with van der Waals surface area (Å²) < 4.78 is 28.2. The molecule has 1 aromatic heterocycles. The second-order valence-electron chi connectivity index (χ2n) is 7.22. The highest BCUT2D eigenvalue weighted by molar-refractivity contribution is 7.91. The van der Waals surface area contributed by atoms with Crippen molar-refractivity contribution in [3.63, 3.8) is 0 Å². The lowest BCUT2D eigenvalue weighted by molar-refractivity contribution is -0.125. The van der Waals surface area contributed by atoms with Crippen molar-refractivity contribution in [3.8, 4) is 0 Å². The van der Waals surface area contributed by atoms with Gasteiger partial charge in [-0.1, -0.05) is 60.1 Å². The Kier molecular flexibility index (Phi) is 5.97. The van der Waals surface area contributed by atoms with Crippen molar-refractivity contribution < 1.29 is 13.2 Å². The minimum Gasteiger partial charge on any atom is -0.348 e. The van der Waals surface area contributed by atoms with Crippen LogP contribution in [0.4, 0.5) is 0 Å². The highest BCUT2D eigenvalue weighted by Crippen LogP contribution is 2.31. The topological polar surface area (TPSA) is 66.5 Å². The van der Waals surface area contributed by atoms with E-state index in [1.165, 1.54) is 4.31 Å². The average molecular weight is 461 g/mol. The molecule has 3 aromatic rings. The van der Waals surface area contributed by atoms with Gasteiger partial charge in [0.25, 0.3) is 10.0 Å². The Labute approximate surface area is 185 Å². The number of nitrogens with one attached hydrogen (secondary N) is 1. The van der Waals surface area contributed by atoms with Crippen molar-refractivity contribution in [1.29, 1.82) is 0 Å². The molecule has 2 heterocycles. The summed E-state index contributed by atoms with van der Waals surface area (Å²) in [6.45, 7) is 2.00. The van der Waals surface area contributed by atoms with Gasteiger partial charge in [0.05, 0.1) is 6.04 Å². The Bertz CT molecular complexity index is 1160. The maximum absolute atomic E-state index is 13.3. The molecular weight excluding hydrogens is 440 g/mol. The zero-order valence-electron chi connectivity index (χ0n) is 16.3. The number of carbonyl (C=O) groups is 1. The number of nitrogens with zero attached hydrogens (tertiary/aromatic N) is 1. The van der Waals surface area contributed by atoms with E-state index in [0.717, 1.165) is 28.0 Å². The highest BCUT2D eigenvalue weighted by Gasteiger charge is 2.40. The van der Waals surface area contributed by atoms with Crippen molar-refractivity contribution >= 4 is 38.9 Å². The number of benzene rings is 2. The first-order valence-electron chi connectivity index (χ1n) is 9.55. The zero-order chi connectivity index (χ0) is 21.3. The van der Waals surface area contributed by atoms with Gasteiger partial charge in [0.2, 0.25) is 5.91 Å². The molecular formula is C22H21ClN2O3S2. The summed E-state index contributed by atoms with van der Waals surface area (Å²) in [5, 5.41) is 5.24. The van der Waals surface area contributed by atoms with Crippen LogP contribution >= 0.6 is 22.9 Å². The number of fused-ring (bicyclic) bond motifs is 1. The number of rotatable bonds is 5. The third kappa shape index (κ3) is 4.03. The third-order valence-corrected chi connectivity index (χ3v) is 8.87. The van der Waals surface area contributed by atoms with Gasteiger partial charge in [0, 0.05) is 11.6 Å². The maximum Gasteiger partial charge on any atom is 0.253 e. The molecule has 0 bridgehead atoms. The van der Waals surface area contributed by atoms with Crippen LogP contribution in [0.1, 0.15) is 29.7 Å². The summed E-state index contributed by atoms with van der Waals surface area (Å²) in [6, 6.07) is 17.0. The number of thiophene rings is 1. The van der Waals surface area contributed by atoms with Crippen LogP contribution in [0.15, 0.2) is 70.3 Å². The largest absolute Gasteiger partial charge is 0.348 e. The molecule has 0 saturated heterocycles. The van der Waals surface area contributed by atoms with Crippen molar-refractivity contribution in [1.82, 2.24) is 9.62 Å². The smallest absolute Gasteiger partial charge is 0.253 e. The second kappa shape index (κ2) is 8.51. The summed E-state index contributed by atoms with van der Waals surface area (Å²) >= 11 is 7.42. The van der Waals surface area contributed by atoms with Crippen LogP contribution in [-0.4, -0.2) is 24.7 Å². The number of carbonyl (C=O) groups excluding carboxylic acids is 1. The van der Waals surface area contributed by atoms with Gasteiger partial charge in [-0.15, -0.1) is 11.3 Å². The molecule has 1 N–H and O–H groups in total. The molecule has 30 heavy (non-hydrogen) atoms. The Morgan fingerprint density at radius 2 is 1.80 bits per heavy atom. The van der Waals surface area contributed by atoms with Crippen molar-refractivity contribution in [3.05, 3.63) is 87.8 Å². The summed E-state index contributed by atoms with van der Waals surface area (Å²) in [5.41, 5.74) is 2.69. The van der Waals surface area contributed by atoms with Gasteiger partial charge in [0.15, 0.2) is 0 Å². The monoisotopic (exact) mass is 460 g/mol. The molecule has 2 atom stereocenters. The van der Waals surface area contributed by atoms with Crippen molar-refractivity contribution in [2.24, 2.45) is 0 Å². The van der Waals surface area contributed by atoms with Gasteiger partial charge in [-0.2, -0.15) is 4.31 Å². The minimum absolute atomic E-state index is 0.162. The Hall–Kier alpha value is -2.19. The molecule has 0 aliphatic carbocycles. The summed E-state index contributed by atoms with van der Waals surface area (Å²) in [6.07, 6.45) is 0.321. The van der Waals surface area contributed by atoms with E-state index in [9.17, 15) is 13.2 Å². The van der Waals surface area contributed by atoms with Gasteiger partial charge in [-0.05, 0) is 47.5 Å². The molecule has 5 nitrogen and oxygen atoms in total. The van der Waals surface area contributed by atoms with Crippen LogP contribution in [0.3, 0.4) is 0 Å². The van der Waals surface area contributed by atoms with E-state index in [1.807, 2.05) is 49.4 Å². The Balaban J connectivity index is 1.66. The quantitative estimate of drug-likeness (QED) is 0.613. The van der Waals surface area contributed by atoms with Crippen LogP contribution in [0.5, 0.6) is 0 Å². The SMILES string of the molecule is CC(NC(=O)C1Cc2ccccc2CN1S(=O)(=O)c1cccs1)c1ccccc1Cl. The van der Waals surface area contributed by atoms with Crippen molar-refractivity contribution in [2.45, 2.75) is 36.2 Å². The number of amides is 1. The fraction of sp³-hybridized carbons (Fsp3) is 0.227. The predicted octanol–water partition coefficient (Wildman–Crippen LogP) is 4.39. The Morgan fingerprint density at radius 3 is 2.50 bits per heavy atom. The lowest BCUT2D eigenvalue weighted by Gasteiger charge is -2.35. The molecule has 0 fully saturated rings. The van der Waals surface area contributed by atoms with E-state index in [-0.39, 0.29) is 22.7 Å². The standard InChI is InChI=1S/C22H21ClN2O3S2/c1-15(18-9-4-5-10-19(18)23)24-22(26)20-13-16-7-2-3-8-17(16)14-25(20)30(27,28)21-11-6-12-29-21/h2-12,15,20H,13-14H2,1H3,(H,24,26). The normalized spacial score (nSPS) is 17.9. The van der Waals surface area contributed by atoms with Gasteiger partial charge in [0.1, 0.15) is 10.3 Å². The third-order valence-electron chi connectivity index (χ3n) is 5.30. The van der Waals surface area contributed by atoms with E-state index < -0.39 is 16.1 Å². The van der Waals surface area contributed by atoms with Gasteiger partial charge in [-0.3, -0.25) is 4.79 Å². The van der Waals surface area contributed by atoms with E-state index in [4.69, 9.17) is 11.6 Å². The molecule has 2 unspecified atom stereocenters. The van der Waals surface area contributed by atoms with Crippen LogP contribution in [0, 0.1) is 0 Å². The first-order chi connectivity index (χ1) is 14.4. The zero-order valence-corrected chi connectivity index (χ0v) is 18.7. The predicted molar refractivity (Wildman–Crippen MR) is 119 cm³/mol. The first kappa shape index (κ1) is 21.1. The van der Waals surface area contributed by atoms with Gasteiger partial charge < -0.3 is 5.32 Å². The maximum atomic E-state index is 13.3. The number of sulfonamides is 1. The minimum atomic E-state index is -3.80. The molecule has 0 saturated carbocycles. The molecule has 8 heteroatoms. The molecule has 0 radical (unpaired) electrons. The van der Waals surface area contributed by atoms with Crippen LogP contribution in [0.25, 0.3) is 0 Å². The molecule has 2 aromatic carbocycles. The van der Waals surface area contributed by atoms with Crippen molar-refractivity contribution in [2.75, 3.05) is 0 Å². The van der Waals surface area contributed by atoms with Crippen LogP contribution in [0.2, 0.25) is 5.02 Å². The molecule has 0 spiro atoms. The molecule has 1 amide bonds. The number of hydrogen-bond acceptors (Lipinski definition) is 4. The fourth-order valence-corrected chi connectivity index (χ4v) is 6.70. The molecule has 1 aliphatic heterocycles. The van der Waals surface area contributed by atoms with E-state index in [0.29, 0.717) is 11.4 Å². The molecule has 1 aliphatic rings. The summed E-state index contributed by atoms with van der Waals surface area (Å²) in [7, 11) is -3.80. The fourth-order valence-electron chi connectivity index (χ4n) is 3.71. The van der Waals surface area contributed by atoms with E-state index in [2.05, 4.69) is 5.32 Å². The Morgan fingerprint density at radius 1 is 1.10 bits per heavy atom. The number of hydrogen-bond donors (Lipinski definition) is 1. The molecule has 4 rings (SSSR count). The lowest BCUT2D eigenvalue weighted by atomic mass is 9.95. The van der Waals surface area contributed by atoms with Crippen LogP contribution in [-0.2, 0) is 27.8 Å². The van der Waals surface area contributed by atoms with E-state index >= 15 is 0 Å². The lowest BCUT2D eigenvalue weighted by Crippen LogP contribution is -2.52. The summed E-state index contributed by atoms with van der Waals surface area (Å²) in [4.78, 5) is 13.3. The average Bonchev–Trinajstić information content (AvgIpc) is 3.29. The van der Waals surface area contributed by atoms with Gasteiger partial charge in [-0.25, -0.2) is 8.42 Å². The number of halogens is 1. The summed E-state index contributed by atoms with van der Waals surface area (Å²) in [5.74, 6) is -0.336. The van der Waals surface area contributed by atoms with Crippen LogP contribution < -0.4 is 5.32 Å². The first-order valence-corrected chi connectivity index (χ1v) is 12.2. The second-order valence-corrected chi connectivity index (χ2v) is 10.7. The van der Waals surface area contributed by atoms with E-state index in [1.54, 1.807) is 23.6 Å². The highest BCUT2D eigenvalue weighted by atomic mass is 35.5.